The summed E-state index contributed by atoms with van der Waals surface area (Å²) in [5.74, 6) is -0.0872. The van der Waals surface area contributed by atoms with E-state index in [0.29, 0.717) is 34.4 Å². The number of hydrogen-bond donors (Lipinski definition) is 0. The van der Waals surface area contributed by atoms with E-state index in [-0.39, 0.29) is 30.4 Å². The number of rotatable bonds is 5. The molecule has 0 radical (unpaired) electrons. The van der Waals surface area contributed by atoms with Crippen molar-refractivity contribution in [3.63, 3.8) is 0 Å². The van der Waals surface area contributed by atoms with Gasteiger partial charge in [-0.3, -0.25) is 9.59 Å². The van der Waals surface area contributed by atoms with Gasteiger partial charge in [0, 0.05) is 29.7 Å². The van der Waals surface area contributed by atoms with Gasteiger partial charge in [0.25, 0.3) is 0 Å². The van der Waals surface area contributed by atoms with Crippen molar-refractivity contribution >= 4 is 11.6 Å². The highest BCUT2D eigenvalue weighted by Gasteiger charge is 2.41. The van der Waals surface area contributed by atoms with Crippen molar-refractivity contribution in [2.24, 2.45) is 5.92 Å². The largest absolute Gasteiger partial charge is 0.496 e. The van der Waals surface area contributed by atoms with E-state index < -0.39 is 0 Å². The molecule has 5 nitrogen and oxygen atoms in total. The summed E-state index contributed by atoms with van der Waals surface area (Å²) in [6, 6.07) is 5.13. The molecular formula is C20H22O5. The number of carbonyl (C=O) groups excluding carboxylic acids is 2. The highest BCUT2D eigenvalue weighted by Crippen LogP contribution is 2.42. The second-order valence-electron chi connectivity index (χ2n) is 6.34. The summed E-state index contributed by atoms with van der Waals surface area (Å²) >= 11 is 0. The summed E-state index contributed by atoms with van der Waals surface area (Å²) in [4.78, 5) is 26.3. The Morgan fingerprint density at radius 3 is 2.64 bits per heavy atom. The van der Waals surface area contributed by atoms with Crippen LogP contribution in [-0.2, 0) is 9.47 Å². The predicted molar refractivity (Wildman–Crippen MR) is 93.0 cm³/mol. The number of carbonyl (C=O) groups is 2. The van der Waals surface area contributed by atoms with E-state index in [4.69, 9.17) is 14.2 Å². The molecule has 0 amide bonds. The molecule has 5 heteroatoms. The Morgan fingerprint density at radius 1 is 1.20 bits per heavy atom. The van der Waals surface area contributed by atoms with Crippen LogP contribution in [0.2, 0.25) is 0 Å². The zero-order chi connectivity index (χ0) is 18.1. The molecule has 2 atom stereocenters. The van der Waals surface area contributed by atoms with E-state index in [1.54, 1.807) is 25.3 Å². The van der Waals surface area contributed by atoms with Gasteiger partial charge in [0.1, 0.15) is 12.5 Å². The van der Waals surface area contributed by atoms with Gasteiger partial charge in [-0.25, -0.2) is 0 Å². The first-order valence-corrected chi connectivity index (χ1v) is 8.27. The van der Waals surface area contributed by atoms with Crippen LogP contribution in [0.25, 0.3) is 0 Å². The number of ketones is 2. The molecule has 0 spiro atoms. The van der Waals surface area contributed by atoms with E-state index in [0.717, 1.165) is 5.57 Å². The Labute approximate surface area is 147 Å². The number of allylic oxidation sites excluding steroid dienone is 2. The van der Waals surface area contributed by atoms with Gasteiger partial charge in [0.15, 0.2) is 11.6 Å². The summed E-state index contributed by atoms with van der Waals surface area (Å²) in [7, 11) is 3.06. The van der Waals surface area contributed by atoms with E-state index >= 15 is 0 Å². The van der Waals surface area contributed by atoms with Gasteiger partial charge in [-0.05, 0) is 26.3 Å². The minimum atomic E-state index is -0.283. The van der Waals surface area contributed by atoms with E-state index in [1.165, 1.54) is 7.11 Å². The third kappa shape index (κ3) is 2.83. The quantitative estimate of drug-likeness (QED) is 0.607. The fourth-order valence-corrected chi connectivity index (χ4v) is 3.71. The molecule has 2 unspecified atom stereocenters. The molecule has 0 heterocycles. The number of fused-ring (bicyclic) bond motifs is 1. The average molecular weight is 342 g/mol. The van der Waals surface area contributed by atoms with Crippen molar-refractivity contribution < 1.29 is 23.8 Å². The zero-order valence-electron chi connectivity index (χ0n) is 14.9. The molecule has 2 aliphatic rings. The van der Waals surface area contributed by atoms with Gasteiger partial charge < -0.3 is 14.2 Å². The third-order valence-corrected chi connectivity index (χ3v) is 4.91. The SMILES string of the molecule is COCOC(C)C1C(C)=CCC2=C1C(=O)c1c(OC)cccc1C2=O. The molecule has 0 aromatic heterocycles. The van der Waals surface area contributed by atoms with Crippen molar-refractivity contribution in [1.29, 1.82) is 0 Å². The Bertz CT molecular complexity index is 787. The molecule has 3 rings (SSSR count). The van der Waals surface area contributed by atoms with Crippen molar-refractivity contribution in [2.45, 2.75) is 26.4 Å². The fraction of sp³-hybridized carbons (Fsp3) is 0.400. The maximum absolute atomic E-state index is 13.3. The monoisotopic (exact) mass is 342 g/mol. The molecule has 132 valence electrons. The maximum Gasteiger partial charge on any atom is 0.194 e. The lowest BCUT2D eigenvalue weighted by molar-refractivity contribution is -0.0750. The van der Waals surface area contributed by atoms with Gasteiger partial charge in [-0.2, -0.15) is 0 Å². The molecule has 0 saturated heterocycles. The Morgan fingerprint density at radius 2 is 1.96 bits per heavy atom. The minimum absolute atomic E-state index is 0.101. The van der Waals surface area contributed by atoms with Crippen LogP contribution in [0.5, 0.6) is 5.75 Å². The molecule has 1 aromatic rings. The number of benzene rings is 1. The second kappa shape index (κ2) is 6.94. The summed E-state index contributed by atoms with van der Waals surface area (Å²) in [5.41, 5.74) is 2.90. The van der Waals surface area contributed by atoms with Crippen LogP contribution >= 0.6 is 0 Å². The van der Waals surface area contributed by atoms with Gasteiger partial charge in [-0.1, -0.05) is 23.8 Å². The minimum Gasteiger partial charge on any atom is -0.496 e. The van der Waals surface area contributed by atoms with Crippen LogP contribution in [0.4, 0.5) is 0 Å². The molecule has 25 heavy (non-hydrogen) atoms. The van der Waals surface area contributed by atoms with Crippen molar-refractivity contribution in [3.05, 3.63) is 52.1 Å². The first-order valence-electron chi connectivity index (χ1n) is 8.27. The number of methoxy groups -OCH3 is 2. The van der Waals surface area contributed by atoms with Crippen LogP contribution < -0.4 is 4.74 Å². The van der Waals surface area contributed by atoms with Crippen LogP contribution in [0.15, 0.2) is 41.0 Å². The van der Waals surface area contributed by atoms with Gasteiger partial charge in [0.05, 0.1) is 18.8 Å². The lowest BCUT2D eigenvalue weighted by Gasteiger charge is -2.34. The Balaban J connectivity index is 2.11. The van der Waals surface area contributed by atoms with Crippen LogP contribution in [-0.4, -0.2) is 38.7 Å². The average Bonchev–Trinajstić information content (AvgIpc) is 2.63. The topological polar surface area (TPSA) is 61.8 Å². The molecule has 0 aliphatic heterocycles. The van der Waals surface area contributed by atoms with Gasteiger partial charge >= 0.3 is 0 Å². The van der Waals surface area contributed by atoms with Crippen LogP contribution in [0, 0.1) is 5.92 Å². The van der Waals surface area contributed by atoms with Gasteiger partial charge in [0.2, 0.25) is 0 Å². The molecule has 0 N–H and O–H groups in total. The molecule has 1 aromatic carbocycles. The van der Waals surface area contributed by atoms with Crippen LogP contribution in [0.1, 0.15) is 41.0 Å². The molecule has 0 bridgehead atoms. The lowest BCUT2D eigenvalue weighted by atomic mass is 9.71. The molecule has 0 saturated carbocycles. The van der Waals surface area contributed by atoms with E-state index in [1.807, 2.05) is 19.9 Å². The number of ether oxygens (including phenoxy) is 3. The van der Waals surface area contributed by atoms with E-state index in [2.05, 4.69) is 0 Å². The van der Waals surface area contributed by atoms with Crippen molar-refractivity contribution in [2.75, 3.05) is 21.0 Å². The summed E-state index contributed by atoms with van der Waals surface area (Å²) < 4.78 is 16.0. The smallest absolute Gasteiger partial charge is 0.194 e. The van der Waals surface area contributed by atoms with Crippen molar-refractivity contribution in [1.82, 2.24) is 0 Å². The highest BCUT2D eigenvalue weighted by molar-refractivity contribution is 6.28. The van der Waals surface area contributed by atoms with Gasteiger partial charge in [-0.15, -0.1) is 0 Å². The zero-order valence-corrected chi connectivity index (χ0v) is 14.9. The molecule has 0 fully saturated rings. The maximum atomic E-state index is 13.3. The number of hydrogen-bond acceptors (Lipinski definition) is 5. The Kier molecular flexibility index (Phi) is 4.88. The molecular weight excluding hydrogens is 320 g/mol. The third-order valence-electron chi connectivity index (χ3n) is 4.91. The second-order valence-corrected chi connectivity index (χ2v) is 6.34. The Hall–Kier alpha value is -2.24. The fourth-order valence-electron chi connectivity index (χ4n) is 3.71. The number of Topliss-reactive ketones (excluding diaryl/α,β-unsaturated/α-hetero) is 2. The summed E-state index contributed by atoms with van der Waals surface area (Å²) in [6.07, 6.45) is 2.19. The predicted octanol–water partition coefficient (Wildman–Crippen LogP) is 3.35. The normalized spacial score (nSPS) is 20.8. The van der Waals surface area contributed by atoms with Crippen LogP contribution in [0.3, 0.4) is 0 Å². The van der Waals surface area contributed by atoms with E-state index in [9.17, 15) is 9.59 Å². The summed E-state index contributed by atoms with van der Waals surface area (Å²) in [5, 5.41) is 0. The lowest BCUT2D eigenvalue weighted by Crippen LogP contribution is -2.35. The summed E-state index contributed by atoms with van der Waals surface area (Å²) in [6.45, 7) is 4.00. The molecule has 2 aliphatic carbocycles. The first-order chi connectivity index (χ1) is 12.0. The standard InChI is InChI=1S/C20H22O5/c1-11-8-9-14-18(16(11)12(2)25-10-23-3)20(22)17-13(19(14)21)6-5-7-15(17)24-4/h5-8,12,16H,9-10H2,1-4H3. The first kappa shape index (κ1) is 17.6. The highest BCUT2D eigenvalue weighted by atomic mass is 16.7. The van der Waals surface area contributed by atoms with Crippen molar-refractivity contribution in [3.8, 4) is 5.75 Å².